The highest BCUT2D eigenvalue weighted by Gasteiger charge is 2.15. The summed E-state index contributed by atoms with van der Waals surface area (Å²) >= 11 is 11.8. The Bertz CT molecular complexity index is 1910. The van der Waals surface area contributed by atoms with Crippen molar-refractivity contribution in [1.29, 1.82) is 5.41 Å². The highest BCUT2D eigenvalue weighted by atomic mass is 35.5. The molecule has 3 saturated heterocycles. The van der Waals surface area contributed by atoms with Gasteiger partial charge in [0.05, 0.1) is 29.6 Å². The molecule has 4 aromatic rings. The second kappa shape index (κ2) is 27.7. The third kappa shape index (κ3) is 17.1. The van der Waals surface area contributed by atoms with E-state index in [4.69, 9.17) is 43.2 Å². The molecule has 0 amide bonds. The Labute approximate surface area is 370 Å². The molecule has 0 aliphatic carbocycles. The molecule has 7 rings (SSSR count). The number of ether oxygens (including phenoxy) is 2. The summed E-state index contributed by atoms with van der Waals surface area (Å²) in [5.41, 5.74) is 5.01. The van der Waals surface area contributed by atoms with Gasteiger partial charge in [0.25, 0.3) is 0 Å². The number of benzene rings is 3. The molecular formula is C49H69Cl2N7O2. The summed E-state index contributed by atoms with van der Waals surface area (Å²) in [6, 6.07) is 23.9. The monoisotopic (exact) mass is 857 g/mol. The van der Waals surface area contributed by atoms with E-state index in [9.17, 15) is 0 Å². The summed E-state index contributed by atoms with van der Waals surface area (Å²) in [5, 5.41) is 18.7. The van der Waals surface area contributed by atoms with Gasteiger partial charge in [-0.25, -0.2) is 0 Å². The number of rotatable bonds is 16. The van der Waals surface area contributed by atoms with Gasteiger partial charge in [-0.2, -0.15) is 0 Å². The quantitative estimate of drug-likeness (QED) is 0.0503. The van der Waals surface area contributed by atoms with Crippen LogP contribution in [0.3, 0.4) is 0 Å². The maximum atomic E-state index is 8.27. The first-order valence-corrected chi connectivity index (χ1v) is 22.7. The molecule has 60 heavy (non-hydrogen) atoms. The fourth-order valence-electron chi connectivity index (χ4n) is 7.27. The number of aromatic nitrogens is 2. The second-order valence-electron chi connectivity index (χ2n) is 15.1. The summed E-state index contributed by atoms with van der Waals surface area (Å²) in [6.45, 7) is 21.6. The minimum Gasteiger partial charge on any atom is -0.476 e. The molecule has 9 nitrogen and oxygen atoms in total. The summed E-state index contributed by atoms with van der Waals surface area (Å²) in [5.74, 6) is 0.940. The standard InChI is InChI=1S/C21H24ClN3O.C21H28ClN3O.C5H11N.C2H6/c22-18-10-8-17(9-11-18)16-25-20-7-2-1-6-19(20)21(23-25)26-15-5-14-24-12-3-4-13-24;1-3-18(11-10-17(2)22)16-24-20-9-5-4-8-19(20)21(23)26-15-14-25-12-6-7-13-25;1-6-4-2-3-5-6;1-2/h1-2,6-11H,3-5,12-16H2;3-5,8-11,23-24H,2,6-7,12-16H2,1H3;2-5H2,1H3;1-2H3/b;11-10-,18-3+,23-21?;;. The van der Waals surface area contributed by atoms with E-state index in [0.717, 1.165) is 71.2 Å². The Morgan fingerprint density at radius 2 is 1.43 bits per heavy atom. The zero-order chi connectivity index (χ0) is 43.0. The molecule has 1 aromatic heterocycles. The first-order valence-electron chi connectivity index (χ1n) is 22.0. The molecule has 0 radical (unpaired) electrons. The number of nitrogens with zero attached hydrogens (tertiary/aromatic N) is 5. The molecule has 326 valence electrons. The lowest BCUT2D eigenvalue weighted by molar-refractivity contribution is 0.229. The molecule has 0 spiro atoms. The van der Waals surface area contributed by atoms with Crippen LogP contribution in [0.15, 0.2) is 108 Å². The highest BCUT2D eigenvalue weighted by molar-refractivity contribution is 6.31. The zero-order valence-corrected chi connectivity index (χ0v) is 38.1. The number of halogens is 2. The molecule has 3 aliphatic rings. The number of likely N-dealkylation sites (tertiary alicyclic amines) is 3. The van der Waals surface area contributed by atoms with Gasteiger partial charge in [-0.05, 0) is 152 Å². The third-order valence-electron chi connectivity index (χ3n) is 10.6. The van der Waals surface area contributed by atoms with Crippen molar-refractivity contribution >= 4 is 45.7 Å². The van der Waals surface area contributed by atoms with Crippen molar-refractivity contribution in [3.8, 4) is 5.88 Å². The molecule has 0 saturated carbocycles. The van der Waals surface area contributed by atoms with Crippen LogP contribution in [0, 0.1) is 5.41 Å². The van der Waals surface area contributed by atoms with Crippen LogP contribution in [0.25, 0.3) is 10.9 Å². The van der Waals surface area contributed by atoms with Gasteiger partial charge in [-0.15, -0.1) is 5.10 Å². The lowest BCUT2D eigenvalue weighted by Gasteiger charge is -2.17. The van der Waals surface area contributed by atoms with Crippen molar-refractivity contribution in [2.75, 3.05) is 84.5 Å². The van der Waals surface area contributed by atoms with Crippen LogP contribution < -0.4 is 10.1 Å². The predicted molar refractivity (Wildman–Crippen MR) is 255 cm³/mol. The van der Waals surface area contributed by atoms with Crippen molar-refractivity contribution in [2.24, 2.45) is 0 Å². The molecule has 4 heterocycles. The lowest BCUT2D eigenvalue weighted by atomic mass is 10.1. The summed E-state index contributed by atoms with van der Waals surface area (Å²) in [7, 11) is 2.17. The average Bonchev–Trinajstić information content (AvgIpc) is 4.13. The highest BCUT2D eigenvalue weighted by Crippen LogP contribution is 2.26. The Hall–Kier alpha value is -4.12. The number of para-hydroxylation sites is 2. The number of hydrogen-bond donors (Lipinski definition) is 2. The lowest BCUT2D eigenvalue weighted by Crippen LogP contribution is -2.25. The maximum Gasteiger partial charge on any atom is 0.240 e. The first kappa shape index (κ1) is 48.5. The minimum absolute atomic E-state index is 0.207. The van der Waals surface area contributed by atoms with Crippen molar-refractivity contribution in [1.82, 2.24) is 24.5 Å². The van der Waals surface area contributed by atoms with Gasteiger partial charge in [0.1, 0.15) is 6.61 Å². The second-order valence-corrected chi connectivity index (χ2v) is 16.1. The molecule has 3 aromatic carbocycles. The van der Waals surface area contributed by atoms with E-state index in [-0.39, 0.29) is 5.90 Å². The largest absolute Gasteiger partial charge is 0.476 e. The van der Waals surface area contributed by atoms with Crippen molar-refractivity contribution in [3.05, 3.63) is 124 Å². The van der Waals surface area contributed by atoms with Gasteiger partial charge in [0.2, 0.25) is 11.8 Å². The van der Waals surface area contributed by atoms with Gasteiger partial charge in [0.15, 0.2) is 0 Å². The smallest absolute Gasteiger partial charge is 0.240 e. The molecular weight excluding hydrogens is 789 g/mol. The fraction of sp³-hybridized carbons (Fsp3) is 0.469. The fourth-order valence-corrected chi connectivity index (χ4v) is 7.46. The molecule has 0 unspecified atom stereocenters. The molecule has 3 aliphatic heterocycles. The molecule has 0 bridgehead atoms. The van der Waals surface area contributed by atoms with Crippen LogP contribution in [0.2, 0.25) is 5.02 Å². The molecule has 11 heteroatoms. The summed E-state index contributed by atoms with van der Waals surface area (Å²) < 4.78 is 13.7. The molecule has 3 fully saturated rings. The number of nitrogens with one attached hydrogen (secondary N) is 2. The number of anilines is 1. The minimum atomic E-state index is 0.207. The Kier molecular flexibility index (Phi) is 22.4. The topological polar surface area (TPSA) is 81.9 Å². The van der Waals surface area contributed by atoms with E-state index in [1.165, 1.54) is 70.3 Å². The van der Waals surface area contributed by atoms with E-state index in [1.807, 2.05) is 98.3 Å². The third-order valence-corrected chi connectivity index (χ3v) is 11.0. The van der Waals surface area contributed by atoms with Gasteiger partial charge in [0, 0.05) is 35.4 Å². The average molecular weight is 859 g/mol. The Morgan fingerprint density at radius 1 is 0.817 bits per heavy atom. The van der Waals surface area contributed by atoms with Gasteiger partial charge in [-0.3, -0.25) is 15.0 Å². The van der Waals surface area contributed by atoms with Gasteiger partial charge >= 0.3 is 0 Å². The van der Waals surface area contributed by atoms with Gasteiger partial charge in [-0.1, -0.05) is 92.2 Å². The van der Waals surface area contributed by atoms with E-state index in [0.29, 0.717) is 31.3 Å². The number of fused-ring (bicyclic) bond motifs is 1. The van der Waals surface area contributed by atoms with Crippen LogP contribution in [0.4, 0.5) is 5.69 Å². The van der Waals surface area contributed by atoms with Crippen molar-refractivity contribution in [3.63, 3.8) is 0 Å². The van der Waals surface area contributed by atoms with Crippen LogP contribution in [-0.4, -0.2) is 110 Å². The normalized spacial score (nSPS) is 15.8. The summed E-state index contributed by atoms with van der Waals surface area (Å²) in [6.07, 6.45) is 14.8. The van der Waals surface area contributed by atoms with E-state index in [2.05, 4.69) is 45.8 Å². The predicted octanol–water partition coefficient (Wildman–Crippen LogP) is 11.1. The Morgan fingerprint density at radius 3 is 2.07 bits per heavy atom. The van der Waals surface area contributed by atoms with Crippen LogP contribution in [0.1, 0.15) is 76.8 Å². The molecule has 2 N–H and O–H groups in total. The van der Waals surface area contributed by atoms with E-state index in [1.54, 1.807) is 6.08 Å². The summed E-state index contributed by atoms with van der Waals surface area (Å²) in [4.78, 5) is 7.26. The Balaban J connectivity index is 0.000000224. The van der Waals surface area contributed by atoms with Crippen molar-refractivity contribution < 1.29 is 9.47 Å². The molecule has 0 atom stereocenters. The van der Waals surface area contributed by atoms with Crippen LogP contribution in [0.5, 0.6) is 5.88 Å². The van der Waals surface area contributed by atoms with Crippen molar-refractivity contribution in [2.45, 2.75) is 72.3 Å². The van der Waals surface area contributed by atoms with E-state index >= 15 is 0 Å². The van der Waals surface area contributed by atoms with E-state index < -0.39 is 0 Å². The number of allylic oxidation sites excluding steroid dienone is 3. The van der Waals surface area contributed by atoms with Crippen LogP contribution in [-0.2, 0) is 11.3 Å². The first-order chi connectivity index (χ1) is 29.3. The van der Waals surface area contributed by atoms with Crippen LogP contribution >= 0.6 is 23.2 Å². The van der Waals surface area contributed by atoms with Gasteiger partial charge < -0.3 is 24.6 Å². The maximum absolute atomic E-state index is 8.27. The zero-order valence-electron chi connectivity index (χ0n) is 36.6. The number of hydrogen-bond acceptors (Lipinski definition) is 8. The SMILES string of the molecule is C=C(Cl)/C=C\C(=C/C)CNc1ccccc1C(=N)OCCN1CCCC1.CC.CN1CCCC1.Clc1ccc(Cn2nc(OCCCN3CCCC3)c3ccccc32)cc1.